The number of Topliss-reactive ketones (excluding diaryl/α,β-unsaturated/α-hetero) is 1. The van der Waals surface area contributed by atoms with Gasteiger partial charge in [0.05, 0.1) is 4.88 Å². The molecule has 1 rings (SSSR count). The van der Waals surface area contributed by atoms with Crippen LogP contribution in [0.25, 0.3) is 0 Å². The van der Waals surface area contributed by atoms with E-state index in [-0.39, 0.29) is 12.4 Å². The SMILES string of the molecule is CCN(CC)C(=O)OCC(=O)c1cccs1. The number of amides is 1. The molecule has 0 fully saturated rings. The van der Waals surface area contributed by atoms with Gasteiger partial charge in [-0.15, -0.1) is 11.3 Å². The Labute approximate surface area is 98.8 Å². The molecule has 0 bridgehead atoms. The van der Waals surface area contributed by atoms with Crippen molar-refractivity contribution < 1.29 is 14.3 Å². The van der Waals surface area contributed by atoms with E-state index in [1.54, 1.807) is 12.1 Å². The first-order valence-corrected chi connectivity index (χ1v) is 6.05. The molecule has 0 spiro atoms. The van der Waals surface area contributed by atoms with Crippen molar-refractivity contribution in [3.8, 4) is 0 Å². The molecule has 1 amide bonds. The van der Waals surface area contributed by atoms with E-state index >= 15 is 0 Å². The van der Waals surface area contributed by atoms with Gasteiger partial charge in [-0.25, -0.2) is 4.79 Å². The van der Waals surface area contributed by atoms with Crippen molar-refractivity contribution in [1.82, 2.24) is 4.90 Å². The van der Waals surface area contributed by atoms with Crippen molar-refractivity contribution in [2.24, 2.45) is 0 Å². The zero-order valence-electron chi connectivity index (χ0n) is 9.43. The molecule has 5 heteroatoms. The molecular weight excluding hydrogens is 226 g/mol. The van der Waals surface area contributed by atoms with Gasteiger partial charge < -0.3 is 9.64 Å². The van der Waals surface area contributed by atoms with Crippen molar-refractivity contribution >= 4 is 23.2 Å². The summed E-state index contributed by atoms with van der Waals surface area (Å²) in [5.74, 6) is -0.157. The summed E-state index contributed by atoms with van der Waals surface area (Å²) in [6, 6.07) is 3.52. The lowest BCUT2D eigenvalue weighted by molar-refractivity contribution is 0.0765. The lowest BCUT2D eigenvalue weighted by Crippen LogP contribution is -2.32. The Balaban J connectivity index is 2.40. The van der Waals surface area contributed by atoms with Crippen LogP contribution in [-0.2, 0) is 4.74 Å². The van der Waals surface area contributed by atoms with Gasteiger partial charge in [0.15, 0.2) is 6.61 Å². The van der Waals surface area contributed by atoms with E-state index in [0.717, 1.165) is 0 Å². The van der Waals surface area contributed by atoms with Gasteiger partial charge in [0.2, 0.25) is 5.78 Å². The highest BCUT2D eigenvalue weighted by Gasteiger charge is 2.14. The summed E-state index contributed by atoms with van der Waals surface area (Å²) in [6.07, 6.45) is -0.435. The maximum Gasteiger partial charge on any atom is 0.410 e. The maximum atomic E-state index is 11.5. The standard InChI is InChI=1S/C11H15NO3S/c1-3-12(4-2)11(14)15-8-9(13)10-6-5-7-16-10/h5-7H,3-4,8H2,1-2H3. The second-order valence-corrected chi connectivity index (χ2v) is 4.08. The lowest BCUT2D eigenvalue weighted by Gasteiger charge is -2.17. The average Bonchev–Trinajstić information content (AvgIpc) is 2.81. The minimum absolute atomic E-state index is 0.157. The zero-order chi connectivity index (χ0) is 12.0. The van der Waals surface area contributed by atoms with Gasteiger partial charge in [-0.1, -0.05) is 6.07 Å². The van der Waals surface area contributed by atoms with Crippen molar-refractivity contribution in [2.75, 3.05) is 19.7 Å². The number of thiophene rings is 1. The highest BCUT2D eigenvalue weighted by molar-refractivity contribution is 7.12. The normalized spacial score (nSPS) is 9.88. The number of ether oxygens (including phenoxy) is 1. The highest BCUT2D eigenvalue weighted by Crippen LogP contribution is 2.09. The Morgan fingerprint density at radius 3 is 2.56 bits per heavy atom. The van der Waals surface area contributed by atoms with Crippen molar-refractivity contribution in [1.29, 1.82) is 0 Å². The van der Waals surface area contributed by atoms with Crippen molar-refractivity contribution in [2.45, 2.75) is 13.8 Å². The average molecular weight is 241 g/mol. The Bertz CT molecular complexity index is 344. The molecule has 4 nitrogen and oxygen atoms in total. The first-order chi connectivity index (χ1) is 7.69. The molecule has 88 valence electrons. The second-order valence-electron chi connectivity index (χ2n) is 3.13. The predicted molar refractivity (Wildman–Crippen MR) is 62.9 cm³/mol. The first kappa shape index (κ1) is 12.7. The fourth-order valence-electron chi connectivity index (χ4n) is 1.21. The van der Waals surface area contributed by atoms with E-state index in [4.69, 9.17) is 4.74 Å². The fourth-order valence-corrected chi connectivity index (χ4v) is 1.86. The lowest BCUT2D eigenvalue weighted by atomic mass is 10.3. The minimum Gasteiger partial charge on any atom is -0.441 e. The molecule has 0 saturated carbocycles. The monoisotopic (exact) mass is 241 g/mol. The quantitative estimate of drug-likeness (QED) is 0.744. The molecule has 0 unspecified atom stereocenters. The Morgan fingerprint density at radius 1 is 1.38 bits per heavy atom. The third kappa shape index (κ3) is 3.34. The molecule has 1 aromatic rings. The molecule has 16 heavy (non-hydrogen) atoms. The molecule has 0 aromatic carbocycles. The fraction of sp³-hybridized carbons (Fsp3) is 0.455. The van der Waals surface area contributed by atoms with Gasteiger partial charge in [-0.05, 0) is 25.3 Å². The number of nitrogens with zero attached hydrogens (tertiary/aromatic N) is 1. The third-order valence-corrected chi connectivity index (χ3v) is 3.06. The van der Waals surface area contributed by atoms with Gasteiger partial charge in [0.1, 0.15) is 0 Å². The second kappa shape index (κ2) is 6.27. The molecule has 1 aromatic heterocycles. The third-order valence-electron chi connectivity index (χ3n) is 2.14. The molecule has 0 N–H and O–H groups in total. The van der Waals surface area contributed by atoms with Gasteiger partial charge in [-0.2, -0.15) is 0 Å². The van der Waals surface area contributed by atoms with E-state index in [9.17, 15) is 9.59 Å². The molecule has 0 aliphatic heterocycles. The van der Waals surface area contributed by atoms with Gasteiger partial charge in [0, 0.05) is 13.1 Å². The molecule has 0 radical (unpaired) electrons. The van der Waals surface area contributed by atoms with Crippen LogP contribution in [0.3, 0.4) is 0 Å². The van der Waals surface area contributed by atoms with Crippen LogP contribution in [0.1, 0.15) is 23.5 Å². The summed E-state index contributed by atoms with van der Waals surface area (Å²) >= 11 is 1.35. The van der Waals surface area contributed by atoms with E-state index < -0.39 is 6.09 Å². The minimum atomic E-state index is -0.435. The van der Waals surface area contributed by atoms with Gasteiger partial charge in [-0.3, -0.25) is 4.79 Å². The van der Waals surface area contributed by atoms with Crippen LogP contribution in [-0.4, -0.2) is 36.5 Å². The first-order valence-electron chi connectivity index (χ1n) is 5.17. The van der Waals surface area contributed by atoms with E-state index in [2.05, 4.69) is 0 Å². The van der Waals surface area contributed by atoms with Crippen molar-refractivity contribution in [3.05, 3.63) is 22.4 Å². The summed E-state index contributed by atoms with van der Waals surface area (Å²) in [4.78, 5) is 25.1. The number of carbonyl (C=O) groups excluding carboxylic acids is 2. The molecular formula is C11H15NO3S. The Morgan fingerprint density at radius 2 is 2.06 bits per heavy atom. The number of hydrogen-bond donors (Lipinski definition) is 0. The largest absolute Gasteiger partial charge is 0.441 e. The van der Waals surface area contributed by atoms with Crippen LogP contribution in [0, 0.1) is 0 Å². The molecule has 0 atom stereocenters. The molecule has 1 heterocycles. The van der Waals surface area contributed by atoms with Crippen LogP contribution in [0.15, 0.2) is 17.5 Å². The van der Waals surface area contributed by atoms with Crippen LogP contribution in [0.4, 0.5) is 4.79 Å². The summed E-state index contributed by atoms with van der Waals surface area (Å²) in [7, 11) is 0. The zero-order valence-corrected chi connectivity index (χ0v) is 10.3. The summed E-state index contributed by atoms with van der Waals surface area (Å²) in [6.45, 7) is 4.72. The maximum absolute atomic E-state index is 11.5. The molecule has 0 saturated heterocycles. The smallest absolute Gasteiger partial charge is 0.410 e. The van der Waals surface area contributed by atoms with E-state index in [1.165, 1.54) is 16.2 Å². The van der Waals surface area contributed by atoms with E-state index in [0.29, 0.717) is 18.0 Å². The number of hydrogen-bond acceptors (Lipinski definition) is 4. The van der Waals surface area contributed by atoms with Gasteiger partial charge in [0.25, 0.3) is 0 Å². The number of ketones is 1. The Hall–Kier alpha value is -1.36. The van der Waals surface area contributed by atoms with Crippen LogP contribution >= 0.6 is 11.3 Å². The molecule has 0 aliphatic carbocycles. The summed E-state index contributed by atoms with van der Waals surface area (Å²) in [5, 5.41) is 1.82. The topological polar surface area (TPSA) is 46.6 Å². The summed E-state index contributed by atoms with van der Waals surface area (Å²) in [5.41, 5.74) is 0. The number of rotatable bonds is 5. The van der Waals surface area contributed by atoms with Crippen LogP contribution < -0.4 is 0 Å². The highest BCUT2D eigenvalue weighted by atomic mass is 32.1. The number of carbonyl (C=O) groups is 2. The predicted octanol–water partition coefficient (Wildman–Crippen LogP) is 2.41. The Kier molecular flexibility index (Phi) is 4.98. The van der Waals surface area contributed by atoms with E-state index in [1.807, 2.05) is 19.2 Å². The van der Waals surface area contributed by atoms with Crippen LogP contribution in [0.2, 0.25) is 0 Å². The summed E-state index contributed by atoms with van der Waals surface area (Å²) < 4.78 is 4.92. The van der Waals surface area contributed by atoms with Crippen LogP contribution in [0.5, 0.6) is 0 Å². The molecule has 0 aliphatic rings. The van der Waals surface area contributed by atoms with Crippen molar-refractivity contribution in [3.63, 3.8) is 0 Å². The van der Waals surface area contributed by atoms with Gasteiger partial charge >= 0.3 is 6.09 Å².